The standard InChI is InChI=1S/C14H19N7O2/c1-15-13-6-16-5-11(17-13)12-3-2-4-21(12)14(23)8-20-7-10(9-22)18-19-20/h5-7,12,22H,2-4,8-9H2,1H3,(H,15,17). The Balaban J connectivity index is 1.73. The summed E-state index contributed by atoms with van der Waals surface area (Å²) in [6, 6.07) is -0.0656. The molecular weight excluding hydrogens is 298 g/mol. The highest BCUT2D eigenvalue weighted by Gasteiger charge is 2.31. The third kappa shape index (κ3) is 3.29. The van der Waals surface area contributed by atoms with Crippen LogP contribution >= 0.6 is 0 Å². The zero-order valence-corrected chi connectivity index (χ0v) is 12.9. The molecule has 0 radical (unpaired) electrons. The molecule has 0 bridgehead atoms. The lowest BCUT2D eigenvalue weighted by atomic mass is 10.1. The normalized spacial score (nSPS) is 17.5. The summed E-state index contributed by atoms with van der Waals surface area (Å²) in [7, 11) is 1.79. The molecule has 23 heavy (non-hydrogen) atoms. The van der Waals surface area contributed by atoms with E-state index in [1.165, 1.54) is 4.68 Å². The number of aliphatic hydroxyl groups is 1. The summed E-state index contributed by atoms with van der Waals surface area (Å²) in [5.41, 5.74) is 1.24. The van der Waals surface area contributed by atoms with Crippen LogP contribution in [-0.4, -0.2) is 54.5 Å². The van der Waals surface area contributed by atoms with Crippen LogP contribution in [0.25, 0.3) is 0 Å². The van der Waals surface area contributed by atoms with Crippen molar-refractivity contribution >= 4 is 11.7 Å². The molecule has 0 spiro atoms. The number of likely N-dealkylation sites (tertiary alicyclic amines) is 1. The highest BCUT2D eigenvalue weighted by atomic mass is 16.3. The molecule has 1 aliphatic heterocycles. The predicted molar refractivity (Wildman–Crippen MR) is 81.2 cm³/mol. The Kier molecular flexibility index (Phi) is 4.47. The van der Waals surface area contributed by atoms with E-state index in [0.29, 0.717) is 18.1 Å². The maximum Gasteiger partial charge on any atom is 0.244 e. The van der Waals surface area contributed by atoms with E-state index in [1.54, 1.807) is 25.6 Å². The van der Waals surface area contributed by atoms with E-state index in [0.717, 1.165) is 18.5 Å². The number of nitrogens with one attached hydrogen (secondary N) is 1. The number of carbonyl (C=O) groups is 1. The molecule has 122 valence electrons. The fraction of sp³-hybridized carbons (Fsp3) is 0.500. The second kappa shape index (κ2) is 6.69. The average molecular weight is 317 g/mol. The van der Waals surface area contributed by atoms with Crippen LogP contribution in [0.3, 0.4) is 0 Å². The van der Waals surface area contributed by atoms with Gasteiger partial charge in [0, 0.05) is 13.6 Å². The van der Waals surface area contributed by atoms with E-state index in [4.69, 9.17) is 5.11 Å². The summed E-state index contributed by atoms with van der Waals surface area (Å²) >= 11 is 0. The highest BCUT2D eigenvalue weighted by Crippen LogP contribution is 2.31. The Morgan fingerprint density at radius 1 is 1.48 bits per heavy atom. The van der Waals surface area contributed by atoms with Gasteiger partial charge in [-0.25, -0.2) is 9.67 Å². The Hall–Kier alpha value is -2.55. The minimum Gasteiger partial charge on any atom is -0.390 e. The average Bonchev–Trinajstić information content (AvgIpc) is 3.23. The smallest absolute Gasteiger partial charge is 0.244 e. The first kappa shape index (κ1) is 15.3. The van der Waals surface area contributed by atoms with Crippen molar-refractivity contribution in [2.45, 2.75) is 32.0 Å². The molecule has 0 aliphatic carbocycles. The van der Waals surface area contributed by atoms with Gasteiger partial charge in [-0.3, -0.25) is 9.78 Å². The van der Waals surface area contributed by atoms with Gasteiger partial charge in [0.1, 0.15) is 18.1 Å². The van der Waals surface area contributed by atoms with Gasteiger partial charge in [-0.05, 0) is 12.8 Å². The minimum absolute atomic E-state index is 0.0430. The summed E-state index contributed by atoms with van der Waals surface area (Å²) in [6.45, 7) is 0.603. The van der Waals surface area contributed by atoms with Gasteiger partial charge in [-0.2, -0.15) is 0 Å². The van der Waals surface area contributed by atoms with Crippen LogP contribution < -0.4 is 5.32 Å². The van der Waals surface area contributed by atoms with Crippen molar-refractivity contribution in [1.82, 2.24) is 29.9 Å². The van der Waals surface area contributed by atoms with Crippen molar-refractivity contribution in [3.8, 4) is 0 Å². The van der Waals surface area contributed by atoms with Gasteiger partial charge in [0.05, 0.1) is 36.9 Å². The molecule has 1 saturated heterocycles. The Morgan fingerprint density at radius 2 is 2.35 bits per heavy atom. The maximum atomic E-state index is 12.6. The summed E-state index contributed by atoms with van der Waals surface area (Å²) < 4.78 is 1.44. The van der Waals surface area contributed by atoms with Gasteiger partial charge in [0.15, 0.2) is 0 Å². The molecule has 9 nitrogen and oxygen atoms in total. The van der Waals surface area contributed by atoms with Crippen LogP contribution in [0, 0.1) is 0 Å². The van der Waals surface area contributed by atoms with Gasteiger partial charge < -0.3 is 15.3 Å². The van der Waals surface area contributed by atoms with Crippen molar-refractivity contribution in [2.75, 3.05) is 18.9 Å². The van der Waals surface area contributed by atoms with Gasteiger partial charge in [-0.15, -0.1) is 5.10 Å². The van der Waals surface area contributed by atoms with Crippen molar-refractivity contribution in [2.24, 2.45) is 0 Å². The lowest BCUT2D eigenvalue weighted by Gasteiger charge is -2.24. The molecule has 2 N–H and O–H groups in total. The van der Waals surface area contributed by atoms with E-state index in [-0.39, 0.29) is 25.1 Å². The van der Waals surface area contributed by atoms with E-state index in [2.05, 4.69) is 25.6 Å². The fourth-order valence-electron chi connectivity index (χ4n) is 2.75. The lowest BCUT2D eigenvalue weighted by Crippen LogP contribution is -2.34. The quantitative estimate of drug-likeness (QED) is 0.796. The first-order chi connectivity index (χ1) is 11.2. The van der Waals surface area contributed by atoms with E-state index in [9.17, 15) is 4.79 Å². The molecule has 0 saturated carbocycles. The minimum atomic E-state index is -0.188. The number of hydrogen-bond acceptors (Lipinski definition) is 7. The molecule has 1 amide bonds. The summed E-state index contributed by atoms with van der Waals surface area (Å²) in [5, 5.41) is 19.6. The largest absolute Gasteiger partial charge is 0.390 e. The number of hydrogen-bond donors (Lipinski definition) is 2. The zero-order chi connectivity index (χ0) is 16.2. The van der Waals surface area contributed by atoms with Crippen molar-refractivity contribution in [1.29, 1.82) is 0 Å². The molecule has 3 rings (SSSR count). The summed E-state index contributed by atoms with van der Waals surface area (Å²) in [4.78, 5) is 23.0. The molecule has 0 aromatic carbocycles. The number of amides is 1. The lowest BCUT2D eigenvalue weighted by molar-refractivity contribution is -0.133. The highest BCUT2D eigenvalue weighted by molar-refractivity contribution is 5.76. The van der Waals surface area contributed by atoms with E-state index >= 15 is 0 Å². The Morgan fingerprint density at radius 3 is 3.09 bits per heavy atom. The number of anilines is 1. The number of aromatic nitrogens is 5. The molecule has 1 atom stereocenters. The van der Waals surface area contributed by atoms with Crippen LogP contribution in [0.4, 0.5) is 5.82 Å². The second-order valence-corrected chi connectivity index (χ2v) is 5.39. The zero-order valence-electron chi connectivity index (χ0n) is 12.9. The van der Waals surface area contributed by atoms with Crippen molar-refractivity contribution in [3.63, 3.8) is 0 Å². The molecule has 1 fully saturated rings. The predicted octanol–water partition coefficient (Wildman–Crippen LogP) is -0.0342. The summed E-state index contributed by atoms with van der Waals surface area (Å²) in [5.74, 6) is 0.643. The Bertz CT molecular complexity index is 687. The second-order valence-electron chi connectivity index (χ2n) is 5.39. The molecule has 1 unspecified atom stereocenters. The topological polar surface area (TPSA) is 109 Å². The van der Waals surface area contributed by atoms with E-state index < -0.39 is 0 Å². The van der Waals surface area contributed by atoms with Crippen LogP contribution in [0.5, 0.6) is 0 Å². The third-order valence-electron chi connectivity index (χ3n) is 3.87. The first-order valence-corrected chi connectivity index (χ1v) is 7.50. The van der Waals surface area contributed by atoms with Gasteiger partial charge in [0.2, 0.25) is 5.91 Å². The van der Waals surface area contributed by atoms with E-state index in [1.807, 2.05) is 4.90 Å². The van der Waals surface area contributed by atoms with Crippen LogP contribution in [-0.2, 0) is 17.9 Å². The van der Waals surface area contributed by atoms with Gasteiger partial charge in [0.25, 0.3) is 0 Å². The van der Waals surface area contributed by atoms with Crippen LogP contribution in [0.15, 0.2) is 18.6 Å². The monoisotopic (exact) mass is 317 g/mol. The number of carbonyl (C=O) groups excluding carboxylic acids is 1. The molecule has 1 aliphatic rings. The summed E-state index contributed by atoms with van der Waals surface area (Å²) in [6.07, 6.45) is 6.73. The van der Waals surface area contributed by atoms with Gasteiger partial charge >= 0.3 is 0 Å². The van der Waals surface area contributed by atoms with Crippen LogP contribution in [0.1, 0.15) is 30.3 Å². The number of aliphatic hydroxyl groups excluding tert-OH is 1. The van der Waals surface area contributed by atoms with Gasteiger partial charge in [-0.1, -0.05) is 5.21 Å². The third-order valence-corrected chi connectivity index (χ3v) is 3.87. The van der Waals surface area contributed by atoms with Crippen molar-refractivity contribution < 1.29 is 9.90 Å². The Labute approximate surface area is 133 Å². The molecular formula is C14H19N7O2. The molecule has 3 heterocycles. The van der Waals surface area contributed by atoms with Crippen LogP contribution in [0.2, 0.25) is 0 Å². The SMILES string of the molecule is CNc1cncc(C2CCCN2C(=O)Cn2cc(CO)nn2)n1. The fourth-order valence-corrected chi connectivity index (χ4v) is 2.75. The first-order valence-electron chi connectivity index (χ1n) is 7.50. The van der Waals surface area contributed by atoms with Crippen molar-refractivity contribution in [3.05, 3.63) is 30.0 Å². The maximum absolute atomic E-state index is 12.6. The number of rotatable bonds is 5. The molecule has 2 aromatic rings. The molecule has 9 heteroatoms. The molecule has 2 aromatic heterocycles. The number of nitrogens with zero attached hydrogens (tertiary/aromatic N) is 6.